The van der Waals surface area contributed by atoms with Crippen molar-refractivity contribution in [2.45, 2.75) is 6.42 Å². The summed E-state index contributed by atoms with van der Waals surface area (Å²) < 4.78 is 0. The third-order valence-corrected chi connectivity index (χ3v) is 1.60. The maximum Gasteiger partial charge on any atom is 0.148 e. The molecule has 0 nitrogen and oxygen atoms in total. The third kappa shape index (κ3) is 5.99. The molecule has 0 fully saturated rings. The van der Waals surface area contributed by atoms with Crippen molar-refractivity contribution >= 4 is 19.9 Å². The van der Waals surface area contributed by atoms with Crippen LogP contribution in [0, 0.1) is 0 Å². The zero-order chi connectivity index (χ0) is 5.54. The van der Waals surface area contributed by atoms with Crippen molar-refractivity contribution in [1.29, 1.82) is 0 Å². The van der Waals surface area contributed by atoms with E-state index in [4.69, 9.17) is 11.1 Å². The van der Waals surface area contributed by atoms with Crippen molar-refractivity contribution in [3.63, 3.8) is 0 Å². The minimum Gasteiger partial charge on any atom is -0.171 e. The molecule has 0 aliphatic carbocycles. The minimum atomic E-state index is -0.362. The molecule has 7 heavy (non-hydrogen) atoms. The number of hydrogen-bond donors (Lipinski definition) is 0. The summed E-state index contributed by atoms with van der Waals surface area (Å²) in [6.07, 6.45) is 4.86. The van der Waals surface area contributed by atoms with E-state index in [1.807, 2.05) is 17.9 Å². The minimum absolute atomic E-state index is 0.362. The molecule has 0 amide bonds. The van der Waals surface area contributed by atoms with Gasteiger partial charge in [0.2, 0.25) is 0 Å². The van der Waals surface area contributed by atoms with Crippen molar-refractivity contribution in [2.24, 2.45) is 0 Å². The molecule has 0 heterocycles. The van der Waals surface area contributed by atoms with Crippen molar-refractivity contribution in [1.82, 2.24) is 0 Å². The average Bonchev–Trinajstić information content (AvgIpc) is 1.69. The zero-order valence-corrected chi connectivity index (χ0v) is 6.40. The molecular formula is C5H9ClSi. The van der Waals surface area contributed by atoms with Gasteiger partial charge in [-0.3, -0.25) is 0 Å². The highest BCUT2D eigenvalue weighted by atomic mass is 35.6. The van der Waals surface area contributed by atoms with E-state index >= 15 is 0 Å². The summed E-state index contributed by atoms with van der Waals surface area (Å²) in [6, 6.07) is 0. The van der Waals surface area contributed by atoms with Crippen molar-refractivity contribution < 1.29 is 0 Å². The molecule has 0 aliphatic rings. The predicted molar refractivity (Wildman–Crippen MR) is 38.4 cm³/mol. The van der Waals surface area contributed by atoms with Crippen molar-refractivity contribution in [3.8, 4) is 0 Å². The van der Waals surface area contributed by atoms with Crippen LogP contribution in [0.3, 0.4) is 0 Å². The summed E-state index contributed by atoms with van der Waals surface area (Å²) in [5.74, 6) is 0. The first-order valence-electron chi connectivity index (χ1n) is 2.23. The number of allylic oxidation sites excluding steroid dienone is 2. The van der Waals surface area contributed by atoms with Gasteiger partial charge in [0.25, 0.3) is 0 Å². The van der Waals surface area contributed by atoms with Crippen LogP contribution in [0.2, 0.25) is 0 Å². The van der Waals surface area contributed by atoms with Gasteiger partial charge >= 0.3 is 0 Å². The fraction of sp³-hybridized carbons (Fsp3) is 0.200. The topological polar surface area (TPSA) is 0 Å². The normalized spacial score (nSPS) is 11.6. The molecule has 0 N–H and O–H groups in total. The Balaban J connectivity index is 2.92. The highest BCUT2D eigenvalue weighted by molar-refractivity contribution is 6.96. The molecule has 0 unspecified atom stereocenters. The molecule has 0 aromatic carbocycles. The Kier molecular flexibility index (Phi) is 5.98. The van der Waals surface area contributed by atoms with Gasteiger partial charge in [-0.25, -0.2) is 0 Å². The van der Waals surface area contributed by atoms with Crippen LogP contribution in [-0.2, 0) is 0 Å². The average molecular weight is 133 g/mol. The van der Waals surface area contributed by atoms with Gasteiger partial charge < -0.3 is 0 Å². The number of rotatable bonds is 3. The lowest BCUT2D eigenvalue weighted by Gasteiger charge is -1.73. The van der Waals surface area contributed by atoms with Gasteiger partial charge in [0, 0.05) is 0 Å². The standard InChI is InChI=1S/C5H9ClSi/c1-2-3-4-5-7-6/h2,4-5H,1,3,7H2. The Morgan fingerprint density at radius 2 is 2.43 bits per heavy atom. The molecule has 0 bridgehead atoms. The predicted octanol–water partition coefficient (Wildman–Crippen LogP) is 1.40. The second kappa shape index (κ2) is 5.99. The quantitative estimate of drug-likeness (QED) is 0.310. The van der Waals surface area contributed by atoms with E-state index in [2.05, 4.69) is 6.58 Å². The Bertz CT molecular complexity index is 68.5. The summed E-state index contributed by atoms with van der Waals surface area (Å²) in [5.41, 5.74) is 2.04. The van der Waals surface area contributed by atoms with E-state index in [-0.39, 0.29) is 8.83 Å². The Labute approximate surface area is 51.4 Å². The summed E-state index contributed by atoms with van der Waals surface area (Å²) in [4.78, 5) is 0. The van der Waals surface area contributed by atoms with Gasteiger partial charge in [-0.1, -0.05) is 17.9 Å². The molecule has 0 saturated carbocycles. The van der Waals surface area contributed by atoms with Crippen LogP contribution in [0.15, 0.2) is 24.4 Å². The van der Waals surface area contributed by atoms with E-state index in [9.17, 15) is 0 Å². The number of hydrogen-bond acceptors (Lipinski definition) is 0. The molecule has 0 atom stereocenters. The third-order valence-electron chi connectivity index (χ3n) is 0.559. The summed E-state index contributed by atoms with van der Waals surface area (Å²) in [6.45, 7) is 3.55. The summed E-state index contributed by atoms with van der Waals surface area (Å²) >= 11 is 5.46. The van der Waals surface area contributed by atoms with Crippen molar-refractivity contribution in [3.05, 3.63) is 24.4 Å². The summed E-state index contributed by atoms with van der Waals surface area (Å²) in [7, 11) is -0.362. The van der Waals surface area contributed by atoms with E-state index < -0.39 is 0 Å². The SMILES string of the molecule is C=CCC=C[SiH2]Cl. The smallest absolute Gasteiger partial charge is 0.148 e. The molecule has 0 aromatic rings. The fourth-order valence-electron chi connectivity index (χ4n) is 0.255. The van der Waals surface area contributed by atoms with E-state index in [1.54, 1.807) is 0 Å². The van der Waals surface area contributed by atoms with Gasteiger partial charge in [-0.2, -0.15) is 11.1 Å². The number of halogens is 1. The lowest BCUT2D eigenvalue weighted by molar-refractivity contribution is 1.42. The first-order chi connectivity index (χ1) is 3.41. The van der Waals surface area contributed by atoms with Crippen LogP contribution in [0.1, 0.15) is 6.42 Å². The molecule has 0 rings (SSSR count). The van der Waals surface area contributed by atoms with Crippen LogP contribution >= 0.6 is 11.1 Å². The van der Waals surface area contributed by atoms with Crippen LogP contribution < -0.4 is 0 Å². The lowest BCUT2D eigenvalue weighted by atomic mass is 10.4. The van der Waals surface area contributed by atoms with Gasteiger partial charge in [0.05, 0.1) is 0 Å². The van der Waals surface area contributed by atoms with Gasteiger partial charge in [-0.15, -0.1) is 6.58 Å². The van der Waals surface area contributed by atoms with E-state index in [0.29, 0.717) is 0 Å². The second-order valence-corrected chi connectivity index (χ2v) is 2.86. The molecule has 0 spiro atoms. The summed E-state index contributed by atoms with van der Waals surface area (Å²) in [5, 5.41) is 0. The Morgan fingerprint density at radius 3 is 2.86 bits per heavy atom. The van der Waals surface area contributed by atoms with E-state index in [0.717, 1.165) is 6.42 Å². The molecule has 0 saturated heterocycles. The van der Waals surface area contributed by atoms with Gasteiger partial charge in [-0.05, 0) is 6.42 Å². The highest BCUT2D eigenvalue weighted by Crippen LogP contribution is 1.81. The first kappa shape index (κ1) is 6.99. The molecule has 0 radical (unpaired) electrons. The van der Waals surface area contributed by atoms with Crippen LogP contribution in [0.4, 0.5) is 0 Å². The monoisotopic (exact) mass is 132 g/mol. The molecule has 0 aromatic heterocycles. The van der Waals surface area contributed by atoms with Gasteiger partial charge in [0.1, 0.15) is 8.83 Å². The fourth-order valence-corrected chi connectivity index (χ4v) is 0.952. The molecule has 2 heteroatoms. The maximum absolute atomic E-state index is 5.46. The largest absolute Gasteiger partial charge is 0.171 e. The molecular weight excluding hydrogens is 124 g/mol. The van der Waals surface area contributed by atoms with Crippen LogP contribution in [0.5, 0.6) is 0 Å². The Hall–Kier alpha value is -0.0131. The maximum atomic E-state index is 5.46. The van der Waals surface area contributed by atoms with Crippen molar-refractivity contribution in [2.75, 3.05) is 0 Å². The zero-order valence-electron chi connectivity index (χ0n) is 4.23. The first-order valence-corrected chi connectivity index (χ1v) is 5.19. The lowest BCUT2D eigenvalue weighted by Crippen LogP contribution is -1.63. The Morgan fingerprint density at radius 1 is 1.71 bits per heavy atom. The highest BCUT2D eigenvalue weighted by Gasteiger charge is 1.66. The van der Waals surface area contributed by atoms with Crippen LogP contribution in [-0.4, -0.2) is 8.83 Å². The van der Waals surface area contributed by atoms with Crippen LogP contribution in [0.25, 0.3) is 0 Å². The molecule has 0 aliphatic heterocycles. The molecule has 40 valence electrons. The van der Waals surface area contributed by atoms with Gasteiger partial charge in [0.15, 0.2) is 0 Å². The van der Waals surface area contributed by atoms with E-state index in [1.165, 1.54) is 0 Å². The second-order valence-electron chi connectivity index (χ2n) is 1.15.